The van der Waals surface area contributed by atoms with Crippen LogP contribution in [0.25, 0.3) is 0 Å². The lowest BCUT2D eigenvalue weighted by atomic mass is 10.1. The molecule has 1 unspecified atom stereocenters. The van der Waals surface area contributed by atoms with Gasteiger partial charge in [0, 0.05) is 23.7 Å². The van der Waals surface area contributed by atoms with Crippen LogP contribution in [0.4, 0.5) is 5.69 Å². The quantitative estimate of drug-likeness (QED) is 0.748. The van der Waals surface area contributed by atoms with Gasteiger partial charge in [0.1, 0.15) is 0 Å². The van der Waals surface area contributed by atoms with Gasteiger partial charge in [-0.2, -0.15) is 0 Å². The number of amides is 2. The predicted octanol–water partition coefficient (Wildman–Crippen LogP) is 1.78. The van der Waals surface area contributed by atoms with Gasteiger partial charge in [0.25, 0.3) is 5.91 Å². The van der Waals surface area contributed by atoms with Crippen molar-refractivity contribution in [3.63, 3.8) is 0 Å². The summed E-state index contributed by atoms with van der Waals surface area (Å²) in [4.78, 5) is 23.5. The average molecular weight is 312 g/mol. The number of carbonyl (C=O) groups excluding carboxylic acids is 2. The van der Waals surface area contributed by atoms with Gasteiger partial charge in [-0.25, -0.2) is 0 Å². The van der Waals surface area contributed by atoms with Crippen molar-refractivity contribution in [3.8, 4) is 0 Å². The van der Waals surface area contributed by atoms with E-state index in [9.17, 15) is 9.59 Å². The molecule has 0 aliphatic heterocycles. The zero-order valence-corrected chi connectivity index (χ0v) is 12.9. The highest BCUT2D eigenvalue weighted by Gasteiger charge is 2.29. The van der Waals surface area contributed by atoms with E-state index in [2.05, 4.69) is 10.6 Å². The molecule has 1 aliphatic rings. The zero-order chi connectivity index (χ0) is 14.5. The van der Waals surface area contributed by atoms with Crippen LogP contribution in [0.2, 0.25) is 0 Å². The van der Waals surface area contributed by atoms with Gasteiger partial charge in [-0.1, -0.05) is 6.92 Å². The molecule has 1 aromatic rings. The first kappa shape index (κ1) is 17.5. The maximum absolute atomic E-state index is 11.9. The number of nitrogens with two attached hydrogens (primary N) is 1. The molecule has 5 nitrogen and oxygen atoms in total. The number of rotatable bonds is 6. The summed E-state index contributed by atoms with van der Waals surface area (Å²) in [6.07, 6.45) is 1.96. The normalized spacial score (nSPS) is 14.8. The van der Waals surface area contributed by atoms with E-state index in [0.29, 0.717) is 18.7 Å². The Balaban J connectivity index is 0.00000220. The number of hydrogen-bond acceptors (Lipinski definition) is 3. The van der Waals surface area contributed by atoms with Crippen molar-refractivity contribution < 1.29 is 9.59 Å². The van der Waals surface area contributed by atoms with Crippen molar-refractivity contribution in [1.29, 1.82) is 0 Å². The molecule has 1 fully saturated rings. The lowest BCUT2D eigenvalue weighted by Gasteiger charge is -2.10. The van der Waals surface area contributed by atoms with Gasteiger partial charge in [0.05, 0.1) is 0 Å². The van der Waals surface area contributed by atoms with Gasteiger partial charge >= 0.3 is 0 Å². The molecule has 4 N–H and O–H groups in total. The number of nitrogens with one attached hydrogen (secondary N) is 2. The summed E-state index contributed by atoms with van der Waals surface area (Å²) in [5.41, 5.74) is 6.81. The summed E-state index contributed by atoms with van der Waals surface area (Å²) < 4.78 is 0. The van der Waals surface area contributed by atoms with E-state index < -0.39 is 0 Å². The smallest absolute Gasteiger partial charge is 0.251 e. The minimum absolute atomic E-state index is 0. The molecule has 6 heteroatoms. The minimum Gasteiger partial charge on any atom is -0.352 e. The Morgan fingerprint density at radius 1 is 1.29 bits per heavy atom. The first-order valence-corrected chi connectivity index (χ1v) is 6.99. The van der Waals surface area contributed by atoms with Gasteiger partial charge in [0.2, 0.25) is 5.91 Å². The van der Waals surface area contributed by atoms with Crippen LogP contribution in [0.3, 0.4) is 0 Å². The van der Waals surface area contributed by atoms with Crippen LogP contribution in [0.5, 0.6) is 0 Å². The first-order valence-electron chi connectivity index (χ1n) is 6.99. The molecule has 0 aromatic heterocycles. The van der Waals surface area contributed by atoms with Gasteiger partial charge in [-0.05, 0) is 49.6 Å². The Bertz CT molecular complexity index is 486. The molecule has 0 heterocycles. The molecule has 116 valence electrons. The van der Waals surface area contributed by atoms with E-state index in [-0.39, 0.29) is 36.1 Å². The lowest BCUT2D eigenvalue weighted by Crippen LogP contribution is -2.31. The summed E-state index contributed by atoms with van der Waals surface area (Å²) in [5.74, 6) is 0.385. The predicted molar refractivity (Wildman–Crippen MR) is 85.6 cm³/mol. The van der Waals surface area contributed by atoms with Crippen molar-refractivity contribution in [2.75, 3.05) is 18.4 Å². The Morgan fingerprint density at radius 2 is 1.90 bits per heavy atom. The van der Waals surface area contributed by atoms with Gasteiger partial charge < -0.3 is 16.4 Å². The second-order valence-electron chi connectivity index (χ2n) is 5.39. The summed E-state index contributed by atoms with van der Waals surface area (Å²) in [6.45, 7) is 3.10. The highest BCUT2D eigenvalue weighted by molar-refractivity contribution is 5.96. The molecular weight excluding hydrogens is 290 g/mol. The number of hydrogen-bond donors (Lipinski definition) is 3. The van der Waals surface area contributed by atoms with Gasteiger partial charge in [-0.15, -0.1) is 12.4 Å². The average Bonchev–Trinajstić information content (AvgIpc) is 3.29. The molecule has 2 rings (SSSR count). The number of halogens is 1. The highest BCUT2D eigenvalue weighted by atomic mass is 35.5. The SMILES string of the molecule is CC(CN)CNC(=O)c1ccc(NC(=O)C2CC2)cc1.Cl. The van der Waals surface area contributed by atoms with Crippen LogP contribution in [0, 0.1) is 11.8 Å². The van der Waals surface area contributed by atoms with E-state index in [4.69, 9.17) is 5.73 Å². The molecular formula is C15H22ClN3O2. The van der Waals surface area contributed by atoms with E-state index in [1.807, 2.05) is 6.92 Å². The van der Waals surface area contributed by atoms with Crippen LogP contribution in [0.1, 0.15) is 30.1 Å². The van der Waals surface area contributed by atoms with Crippen molar-refractivity contribution in [2.45, 2.75) is 19.8 Å². The van der Waals surface area contributed by atoms with E-state index in [1.165, 1.54) is 0 Å². The molecule has 1 aliphatic carbocycles. The second-order valence-corrected chi connectivity index (χ2v) is 5.39. The fraction of sp³-hybridized carbons (Fsp3) is 0.467. The largest absolute Gasteiger partial charge is 0.352 e. The van der Waals surface area contributed by atoms with Crippen molar-refractivity contribution in [2.24, 2.45) is 17.6 Å². The third kappa shape index (κ3) is 5.36. The van der Waals surface area contributed by atoms with Crippen LogP contribution < -0.4 is 16.4 Å². The monoisotopic (exact) mass is 311 g/mol. The Kier molecular flexibility index (Phi) is 6.65. The van der Waals surface area contributed by atoms with Gasteiger partial charge in [-0.3, -0.25) is 9.59 Å². The van der Waals surface area contributed by atoms with Crippen LogP contribution in [0.15, 0.2) is 24.3 Å². The zero-order valence-electron chi connectivity index (χ0n) is 12.1. The molecule has 21 heavy (non-hydrogen) atoms. The Hall–Kier alpha value is -1.59. The molecule has 1 atom stereocenters. The van der Waals surface area contributed by atoms with E-state index in [1.54, 1.807) is 24.3 Å². The summed E-state index contributed by atoms with van der Waals surface area (Å²) in [7, 11) is 0. The summed E-state index contributed by atoms with van der Waals surface area (Å²) in [6, 6.07) is 6.93. The van der Waals surface area contributed by atoms with Crippen LogP contribution in [-0.4, -0.2) is 24.9 Å². The summed E-state index contributed by atoms with van der Waals surface area (Å²) in [5, 5.41) is 5.67. The third-order valence-electron chi connectivity index (χ3n) is 3.38. The Morgan fingerprint density at radius 3 is 2.43 bits per heavy atom. The van der Waals surface area contributed by atoms with Crippen LogP contribution >= 0.6 is 12.4 Å². The maximum Gasteiger partial charge on any atom is 0.251 e. The number of benzene rings is 1. The number of carbonyl (C=O) groups is 2. The molecule has 1 aromatic carbocycles. The number of anilines is 1. The molecule has 0 saturated heterocycles. The molecule has 0 spiro atoms. The molecule has 0 bridgehead atoms. The standard InChI is InChI=1S/C15H21N3O2.ClH/c1-10(8-16)9-17-14(19)11-4-6-13(7-5-11)18-15(20)12-2-3-12;/h4-7,10,12H,2-3,8-9,16H2,1H3,(H,17,19)(H,18,20);1H. The first-order chi connectivity index (χ1) is 9.60. The minimum atomic E-state index is -0.120. The van der Waals surface area contributed by atoms with Gasteiger partial charge in [0.15, 0.2) is 0 Å². The fourth-order valence-corrected chi connectivity index (χ4v) is 1.75. The van der Waals surface area contributed by atoms with Crippen molar-refractivity contribution >= 4 is 29.9 Å². The molecule has 2 amide bonds. The molecule has 1 saturated carbocycles. The highest BCUT2D eigenvalue weighted by Crippen LogP contribution is 2.30. The summed E-state index contributed by atoms with van der Waals surface area (Å²) >= 11 is 0. The fourth-order valence-electron chi connectivity index (χ4n) is 1.75. The topological polar surface area (TPSA) is 84.2 Å². The maximum atomic E-state index is 11.9. The van der Waals surface area contributed by atoms with Crippen LogP contribution in [-0.2, 0) is 4.79 Å². The second kappa shape index (κ2) is 8.00. The van der Waals surface area contributed by atoms with E-state index >= 15 is 0 Å². The molecule has 0 radical (unpaired) electrons. The Labute approximate surface area is 131 Å². The van der Waals surface area contributed by atoms with Crippen molar-refractivity contribution in [1.82, 2.24) is 5.32 Å². The third-order valence-corrected chi connectivity index (χ3v) is 3.38. The van der Waals surface area contributed by atoms with Crippen molar-refractivity contribution in [3.05, 3.63) is 29.8 Å². The lowest BCUT2D eigenvalue weighted by molar-refractivity contribution is -0.117. The van der Waals surface area contributed by atoms with E-state index in [0.717, 1.165) is 18.5 Å².